The van der Waals surface area contributed by atoms with Crippen LogP contribution in [0.5, 0.6) is 0 Å². The fourth-order valence-corrected chi connectivity index (χ4v) is 5.13. The summed E-state index contributed by atoms with van der Waals surface area (Å²) in [6.45, 7) is 6.97. The SMILES string of the molecule is CCCN1CCN(c2ccc(N(C(=O)/C=C\C(=O)O)C3(C(=O)NCC#N)CCCCC3)cc2)CC1. The molecule has 35 heavy (non-hydrogen) atoms. The third kappa shape index (κ3) is 6.40. The molecule has 2 fully saturated rings. The molecule has 0 aromatic heterocycles. The first-order valence-corrected chi connectivity index (χ1v) is 12.4. The van der Waals surface area contributed by atoms with Crippen molar-refractivity contribution in [1.82, 2.24) is 10.2 Å². The molecule has 1 aliphatic carbocycles. The number of hydrogen-bond donors (Lipinski definition) is 2. The first-order valence-electron chi connectivity index (χ1n) is 12.4. The fraction of sp³-hybridized carbons (Fsp3) is 0.538. The van der Waals surface area contributed by atoms with Crippen molar-refractivity contribution in [3.05, 3.63) is 36.4 Å². The highest BCUT2D eigenvalue weighted by Crippen LogP contribution is 2.38. The van der Waals surface area contributed by atoms with E-state index in [1.807, 2.05) is 30.3 Å². The van der Waals surface area contributed by atoms with Gasteiger partial charge < -0.3 is 15.3 Å². The molecule has 3 rings (SSSR count). The van der Waals surface area contributed by atoms with E-state index in [0.29, 0.717) is 18.5 Å². The number of nitriles is 1. The van der Waals surface area contributed by atoms with E-state index >= 15 is 0 Å². The van der Waals surface area contributed by atoms with Crippen LogP contribution >= 0.6 is 0 Å². The minimum absolute atomic E-state index is 0.156. The highest BCUT2D eigenvalue weighted by atomic mass is 16.4. The number of nitrogens with one attached hydrogen (secondary N) is 1. The second-order valence-electron chi connectivity index (χ2n) is 9.12. The van der Waals surface area contributed by atoms with Crippen molar-refractivity contribution < 1.29 is 19.5 Å². The Labute approximate surface area is 207 Å². The van der Waals surface area contributed by atoms with E-state index in [2.05, 4.69) is 22.0 Å². The maximum atomic E-state index is 13.3. The van der Waals surface area contributed by atoms with E-state index < -0.39 is 17.4 Å². The van der Waals surface area contributed by atoms with Crippen LogP contribution in [0.15, 0.2) is 36.4 Å². The Balaban J connectivity index is 1.92. The minimum atomic E-state index is -1.23. The normalized spacial score (nSPS) is 18.1. The smallest absolute Gasteiger partial charge is 0.328 e. The first-order chi connectivity index (χ1) is 16.9. The van der Waals surface area contributed by atoms with Crippen LogP contribution in [0.1, 0.15) is 45.4 Å². The zero-order valence-electron chi connectivity index (χ0n) is 20.4. The summed E-state index contributed by atoms with van der Waals surface area (Å²) in [6.07, 6.45) is 6.28. The van der Waals surface area contributed by atoms with Gasteiger partial charge in [-0.1, -0.05) is 26.2 Å². The Bertz CT molecular complexity index is 955. The van der Waals surface area contributed by atoms with Gasteiger partial charge in [0.15, 0.2) is 0 Å². The fourth-order valence-electron chi connectivity index (χ4n) is 5.13. The molecule has 1 aliphatic heterocycles. The molecule has 0 radical (unpaired) electrons. The minimum Gasteiger partial charge on any atom is -0.478 e. The molecular formula is C26H35N5O4. The summed E-state index contributed by atoms with van der Waals surface area (Å²) in [6, 6.07) is 9.48. The van der Waals surface area contributed by atoms with E-state index in [9.17, 15) is 14.4 Å². The van der Waals surface area contributed by atoms with Gasteiger partial charge in [0.1, 0.15) is 12.1 Å². The number of rotatable bonds is 9. The predicted molar refractivity (Wildman–Crippen MR) is 134 cm³/mol. The molecule has 1 aromatic rings. The number of carbonyl (C=O) groups is 3. The van der Waals surface area contributed by atoms with E-state index in [0.717, 1.165) is 76.2 Å². The van der Waals surface area contributed by atoms with Gasteiger partial charge in [-0.25, -0.2) is 4.79 Å². The number of carboxylic acid groups (broad SMARTS) is 1. The second-order valence-corrected chi connectivity index (χ2v) is 9.12. The number of aliphatic carboxylic acids is 1. The maximum Gasteiger partial charge on any atom is 0.328 e. The molecule has 2 N–H and O–H groups in total. The second kappa shape index (κ2) is 12.4. The first kappa shape index (κ1) is 26.2. The van der Waals surface area contributed by atoms with Crippen molar-refractivity contribution >= 4 is 29.2 Å². The van der Waals surface area contributed by atoms with Gasteiger partial charge in [-0.2, -0.15) is 5.26 Å². The van der Waals surface area contributed by atoms with Crippen molar-refractivity contribution in [2.45, 2.75) is 51.0 Å². The molecule has 2 amide bonds. The van der Waals surface area contributed by atoms with E-state index in [4.69, 9.17) is 10.4 Å². The summed E-state index contributed by atoms with van der Waals surface area (Å²) in [4.78, 5) is 43.9. The lowest BCUT2D eigenvalue weighted by atomic mass is 9.78. The zero-order valence-corrected chi connectivity index (χ0v) is 20.4. The Morgan fingerprint density at radius 2 is 1.74 bits per heavy atom. The van der Waals surface area contributed by atoms with E-state index in [-0.39, 0.29) is 12.5 Å². The van der Waals surface area contributed by atoms with Crippen LogP contribution in [0.4, 0.5) is 11.4 Å². The van der Waals surface area contributed by atoms with Gasteiger partial charge in [-0.05, 0) is 50.1 Å². The van der Waals surface area contributed by atoms with Gasteiger partial charge in [0.2, 0.25) is 5.91 Å². The number of carboxylic acids is 1. The zero-order chi connectivity index (χ0) is 25.3. The molecule has 9 nitrogen and oxygen atoms in total. The van der Waals surface area contributed by atoms with Crippen LogP contribution in [0.25, 0.3) is 0 Å². The standard InChI is InChI=1S/C26H35N5O4/c1-2-16-29-17-19-30(20-18-29)21-6-8-22(9-7-21)31(23(32)10-11-24(33)34)26(12-4-3-5-13-26)25(35)28-15-14-27/h6-11H,2-5,12-13,15-20H2,1H3,(H,28,35)(H,33,34)/b11-10-. The average Bonchev–Trinajstić information content (AvgIpc) is 2.88. The van der Waals surface area contributed by atoms with Gasteiger partial charge in [0, 0.05) is 49.7 Å². The van der Waals surface area contributed by atoms with E-state index in [1.165, 1.54) is 4.90 Å². The third-order valence-electron chi connectivity index (χ3n) is 6.83. The van der Waals surface area contributed by atoms with Crippen molar-refractivity contribution in [3.63, 3.8) is 0 Å². The third-order valence-corrected chi connectivity index (χ3v) is 6.83. The largest absolute Gasteiger partial charge is 0.478 e. The van der Waals surface area contributed by atoms with Gasteiger partial charge >= 0.3 is 5.97 Å². The highest BCUT2D eigenvalue weighted by molar-refractivity contribution is 6.10. The lowest BCUT2D eigenvalue weighted by Crippen LogP contribution is -2.62. The number of piperazine rings is 1. The number of carbonyl (C=O) groups excluding carboxylic acids is 2. The monoisotopic (exact) mass is 481 g/mol. The summed E-state index contributed by atoms with van der Waals surface area (Å²) in [5.74, 6) is -2.18. The Hall–Kier alpha value is -3.38. The van der Waals surface area contributed by atoms with Crippen LogP contribution in [-0.4, -0.2) is 72.6 Å². The Kier molecular flexibility index (Phi) is 9.26. The highest BCUT2D eigenvalue weighted by Gasteiger charge is 2.47. The summed E-state index contributed by atoms with van der Waals surface area (Å²) in [5, 5.41) is 20.7. The van der Waals surface area contributed by atoms with Crippen LogP contribution < -0.4 is 15.1 Å². The average molecular weight is 482 g/mol. The molecule has 1 saturated carbocycles. The number of anilines is 2. The molecule has 188 valence electrons. The van der Waals surface area contributed by atoms with Gasteiger partial charge in [-0.15, -0.1) is 0 Å². The van der Waals surface area contributed by atoms with E-state index in [1.54, 1.807) is 0 Å². The lowest BCUT2D eigenvalue weighted by molar-refractivity contribution is -0.131. The molecule has 2 aliphatic rings. The lowest BCUT2D eigenvalue weighted by Gasteiger charge is -2.44. The summed E-state index contributed by atoms with van der Waals surface area (Å²) in [5.41, 5.74) is 0.403. The number of nitrogens with zero attached hydrogens (tertiary/aromatic N) is 4. The van der Waals surface area contributed by atoms with Gasteiger partial charge in [-0.3, -0.25) is 19.4 Å². The molecule has 1 aromatic carbocycles. The van der Waals surface area contributed by atoms with Crippen molar-refractivity contribution in [2.75, 3.05) is 49.1 Å². The molecule has 1 heterocycles. The molecule has 0 atom stereocenters. The maximum absolute atomic E-state index is 13.3. The quantitative estimate of drug-likeness (QED) is 0.411. The molecule has 0 unspecified atom stereocenters. The van der Waals surface area contributed by atoms with Crippen LogP contribution in [0, 0.1) is 11.3 Å². The molecular weight excluding hydrogens is 446 g/mol. The molecule has 9 heteroatoms. The Morgan fingerprint density at radius 3 is 2.31 bits per heavy atom. The number of amides is 2. The van der Waals surface area contributed by atoms with Crippen molar-refractivity contribution in [2.24, 2.45) is 0 Å². The van der Waals surface area contributed by atoms with Gasteiger partial charge in [0.25, 0.3) is 5.91 Å². The topological polar surface area (TPSA) is 117 Å². The Morgan fingerprint density at radius 1 is 1.09 bits per heavy atom. The number of hydrogen-bond acceptors (Lipinski definition) is 6. The summed E-state index contributed by atoms with van der Waals surface area (Å²) in [7, 11) is 0. The molecule has 1 saturated heterocycles. The van der Waals surface area contributed by atoms with Crippen molar-refractivity contribution in [1.29, 1.82) is 5.26 Å². The predicted octanol–water partition coefficient (Wildman–Crippen LogP) is 2.54. The van der Waals surface area contributed by atoms with Crippen LogP contribution in [0.2, 0.25) is 0 Å². The van der Waals surface area contributed by atoms with Crippen LogP contribution in [-0.2, 0) is 14.4 Å². The number of benzene rings is 1. The van der Waals surface area contributed by atoms with Crippen molar-refractivity contribution in [3.8, 4) is 6.07 Å². The van der Waals surface area contributed by atoms with Gasteiger partial charge in [0.05, 0.1) is 6.07 Å². The summed E-state index contributed by atoms with van der Waals surface area (Å²) >= 11 is 0. The molecule has 0 spiro atoms. The van der Waals surface area contributed by atoms with Crippen LogP contribution in [0.3, 0.4) is 0 Å². The molecule has 0 bridgehead atoms. The summed E-state index contributed by atoms with van der Waals surface area (Å²) < 4.78 is 0.